The molecule has 0 spiro atoms. The average molecular weight is 252 g/mol. The lowest BCUT2D eigenvalue weighted by Crippen LogP contribution is -2.59. The molecule has 5 nitrogen and oxygen atoms in total. The highest BCUT2D eigenvalue weighted by Crippen LogP contribution is 2.37. The number of likely N-dealkylation sites (tertiary alicyclic amines) is 1. The maximum Gasteiger partial charge on any atom is 0.229 e. The van der Waals surface area contributed by atoms with Crippen LogP contribution in [-0.2, 0) is 14.3 Å². The predicted octanol–water partition coefficient (Wildman–Crippen LogP) is 0.102. The van der Waals surface area contributed by atoms with Crippen molar-refractivity contribution in [1.29, 1.82) is 0 Å². The summed E-state index contributed by atoms with van der Waals surface area (Å²) in [6.07, 6.45) is 2.45. The van der Waals surface area contributed by atoms with Gasteiger partial charge >= 0.3 is 0 Å². The van der Waals surface area contributed by atoms with Crippen LogP contribution in [0.3, 0.4) is 0 Å². The van der Waals surface area contributed by atoms with Crippen molar-refractivity contribution in [3.8, 4) is 0 Å². The van der Waals surface area contributed by atoms with Crippen LogP contribution in [0.25, 0.3) is 0 Å². The first-order valence-electron chi connectivity index (χ1n) is 6.80. The van der Waals surface area contributed by atoms with E-state index in [-0.39, 0.29) is 23.8 Å². The molecule has 0 aromatic heterocycles. The number of rotatable bonds is 2. The van der Waals surface area contributed by atoms with Gasteiger partial charge in [0.2, 0.25) is 11.8 Å². The molecule has 5 heteroatoms. The fraction of sp³-hybridized carbons (Fsp3) is 0.846. The molecular weight excluding hydrogens is 232 g/mol. The van der Waals surface area contributed by atoms with Crippen molar-refractivity contribution >= 4 is 11.8 Å². The Morgan fingerprint density at radius 3 is 2.56 bits per heavy atom. The molecule has 3 aliphatic rings. The van der Waals surface area contributed by atoms with Crippen molar-refractivity contribution < 1.29 is 14.3 Å². The molecule has 2 saturated heterocycles. The summed E-state index contributed by atoms with van der Waals surface area (Å²) < 4.78 is 5.50. The third-order valence-electron chi connectivity index (χ3n) is 4.29. The molecule has 0 radical (unpaired) electrons. The fourth-order valence-electron chi connectivity index (χ4n) is 2.89. The van der Waals surface area contributed by atoms with Gasteiger partial charge in [-0.1, -0.05) is 0 Å². The van der Waals surface area contributed by atoms with Gasteiger partial charge in [0.1, 0.15) is 0 Å². The number of morpholine rings is 1. The molecule has 3 rings (SSSR count). The van der Waals surface area contributed by atoms with Crippen LogP contribution in [0, 0.1) is 11.8 Å². The van der Waals surface area contributed by atoms with E-state index in [4.69, 9.17) is 4.74 Å². The Balaban J connectivity index is 1.59. The maximum atomic E-state index is 12.4. The van der Waals surface area contributed by atoms with Crippen molar-refractivity contribution in [3.05, 3.63) is 0 Å². The first-order valence-corrected chi connectivity index (χ1v) is 6.80. The molecule has 2 amide bonds. The summed E-state index contributed by atoms with van der Waals surface area (Å²) in [5.41, 5.74) is 0. The molecule has 0 aromatic carbocycles. The Labute approximate surface area is 107 Å². The predicted molar refractivity (Wildman–Crippen MR) is 64.8 cm³/mol. The smallest absolute Gasteiger partial charge is 0.229 e. The van der Waals surface area contributed by atoms with Gasteiger partial charge in [-0.25, -0.2) is 0 Å². The summed E-state index contributed by atoms with van der Waals surface area (Å²) in [5, 5.41) is 0. The van der Waals surface area contributed by atoms with Gasteiger partial charge in [0.05, 0.1) is 25.2 Å². The van der Waals surface area contributed by atoms with E-state index in [2.05, 4.69) is 0 Å². The van der Waals surface area contributed by atoms with Crippen LogP contribution in [-0.4, -0.2) is 60.5 Å². The first kappa shape index (κ1) is 12.0. The second-order valence-corrected chi connectivity index (χ2v) is 5.63. The normalized spacial score (nSPS) is 29.1. The fourth-order valence-corrected chi connectivity index (χ4v) is 2.89. The Bertz CT molecular complexity index is 361. The molecule has 2 heterocycles. The van der Waals surface area contributed by atoms with E-state index < -0.39 is 0 Å². The van der Waals surface area contributed by atoms with Gasteiger partial charge in [-0.05, 0) is 18.8 Å². The quantitative estimate of drug-likeness (QED) is 0.700. The van der Waals surface area contributed by atoms with E-state index in [0.717, 1.165) is 6.54 Å². The standard InChI is InChI=1S/C13H20N2O3/c1-9(16)14-6-11(7-14)13(17)15-4-5-18-8-12(15)10-2-3-10/h10-12H,2-8H2,1H3/t12-/m1/s1. The molecule has 3 fully saturated rings. The summed E-state index contributed by atoms with van der Waals surface area (Å²) in [6.45, 7) is 4.82. The van der Waals surface area contributed by atoms with Gasteiger partial charge in [-0.15, -0.1) is 0 Å². The molecule has 1 aliphatic carbocycles. The van der Waals surface area contributed by atoms with Gasteiger partial charge in [-0.3, -0.25) is 9.59 Å². The molecule has 18 heavy (non-hydrogen) atoms. The second kappa shape index (κ2) is 4.53. The minimum Gasteiger partial charge on any atom is -0.377 e. The van der Waals surface area contributed by atoms with Crippen molar-refractivity contribution in [1.82, 2.24) is 9.80 Å². The Kier molecular flexibility index (Phi) is 3.01. The van der Waals surface area contributed by atoms with Crippen LogP contribution in [0.15, 0.2) is 0 Å². The third kappa shape index (κ3) is 2.11. The van der Waals surface area contributed by atoms with Crippen LogP contribution in [0.5, 0.6) is 0 Å². The highest BCUT2D eigenvalue weighted by molar-refractivity contribution is 5.84. The van der Waals surface area contributed by atoms with Crippen molar-refractivity contribution in [2.45, 2.75) is 25.8 Å². The minimum absolute atomic E-state index is 0.0215. The molecule has 0 bridgehead atoms. The van der Waals surface area contributed by atoms with E-state index in [1.54, 1.807) is 11.8 Å². The van der Waals surface area contributed by atoms with Gasteiger partial charge in [0, 0.05) is 26.6 Å². The Morgan fingerprint density at radius 1 is 1.22 bits per heavy atom. The van der Waals surface area contributed by atoms with E-state index in [0.29, 0.717) is 32.2 Å². The van der Waals surface area contributed by atoms with Crippen molar-refractivity contribution in [2.24, 2.45) is 11.8 Å². The first-order chi connectivity index (χ1) is 8.66. The lowest BCUT2D eigenvalue weighted by molar-refractivity contribution is -0.154. The summed E-state index contributed by atoms with van der Waals surface area (Å²) in [6, 6.07) is 0.289. The SMILES string of the molecule is CC(=O)N1CC(C(=O)N2CCOC[C@@H]2C2CC2)C1. The lowest BCUT2D eigenvalue weighted by atomic mass is 9.96. The lowest BCUT2D eigenvalue weighted by Gasteiger charge is -2.43. The average Bonchev–Trinajstić information content (AvgIpc) is 3.10. The van der Waals surface area contributed by atoms with Crippen LogP contribution >= 0.6 is 0 Å². The number of carbonyl (C=O) groups is 2. The van der Waals surface area contributed by atoms with Gasteiger partial charge in [0.15, 0.2) is 0 Å². The van der Waals surface area contributed by atoms with E-state index in [1.165, 1.54) is 12.8 Å². The Morgan fingerprint density at radius 2 is 1.94 bits per heavy atom. The van der Waals surface area contributed by atoms with Crippen molar-refractivity contribution in [3.63, 3.8) is 0 Å². The van der Waals surface area contributed by atoms with Gasteiger partial charge < -0.3 is 14.5 Å². The zero-order valence-electron chi connectivity index (χ0n) is 10.8. The zero-order valence-corrected chi connectivity index (χ0v) is 10.8. The molecule has 0 N–H and O–H groups in total. The second-order valence-electron chi connectivity index (χ2n) is 5.63. The molecular formula is C13H20N2O3. The molecule has 2 aliphatic heterocycles. The minimum atomic E-state index is 0.0215. The largest absolute Gasteiger partial charge is 0.377 e. The number of nitrogens with zero attached hydrogens (tertiary/aromatic N) is 2. The molecule has 0 aromatic rings. The Hall–Kier alpha value is -1.10. The highest BCUT2D eigenvalue weighted by Gasteiger charge is 2.43. The van der Waals surface area contributed by atoms with E-state index in [9.17, 15) is 9.59 Å². The third-order valence-corrected chi connectivity index (χ3v) is 4.29. The maximum absolute atomic E-state index is 12.4. The molecule has 0 unspecified atom stereocenters. The molecule has 1 saturated carbocycles. The zero-order chi connectivity index (χ0) is 12.7. The highest BCUT2D eigenvalue weighted by atomic mass is 16.5. The van der Waals surface area contributed by atoms with Gasteiger partial charge in [0.25, 0.3) is 0 Å². The van der Waals surface area contributed by atoms with Crippen molar-refractivity contribution in [2.75, 3.05) is 32.8 Å². The monoisotopic (exact) mass is 252 g/mol. The van der Waals surface area contributed by atoms with Crippen LogP contribution in [0.1, 0.15) is 19.8 Å². The summed E-state index contributed by atoms with van der Waals surface area (Å²) in [7, 11) is 0. The number of hydrogen-bond donors (Lipinski definition) is 0. The summed E-state index contributed by atoms with van der Waals surface area (Å²) in [4.78, 5) is 27.3. The van der Waals surface area contributed by atoms with Crippen LogP contribution in [0.2, 0.25) is 0 Å². The topological polar surface area (TPSA) is 49.9 Å². The van der Waals surface area contributed by atoms with Crippen LogP contribution in [0.4, 0.5) is 0 Å². The number of ether oxygens (including phenoxy) is 1. The summed E-state index contributed by atoms with van der Waals surface area (Å²) >= 11 is 0. The van der Waals surface area contributed by atoms with Gasteiger partial charge in [-0.2, -0.15) is 0 Å². The van der Waals surface area contributed by atoms with Crippen LogP contribution < -0.4 is 0 Å². The summed E-state index contributed by atoms with van der Waals surface area (Å²) in [5.74, 6) is 0.971. The van der Waals surface area contributed by atoms with E-state index in [1.807, 2.05) is 4.90 Å². The molecule has 100 valence electrons. The van der Waals surface area contributed by atoms with E-state index >= 15 is 0 Å². The number of hydrogen-bond acceptors (Lipinski definition) is 3. The molecule has 1 atom stereocenters. The number of amides is 2. The number of carbonyl (C=O) groups excluding carboxylic acids is 2.